The number of unbranched alkanes of at least 4 members (excludes halogenated alkanes) is 1. The highest BCUT2D eigenvalue weighted by Gasteiger charge is 2.24. The summed E-state index contributed by atoms with van der Waals surface area (Å²) in [6.45, 7) is 3.20. The van der Waals surface area contributed by atoms with Crippen molar-refractivity contribution in [2.24, 2.45) is 5.92 Å². The lowest BCUT2D eigenvalue weighted by Gasteiger charge is -2.31. The van der Waals surface area contributed by atoms with Crippen LogP contribution in [0.2, 0.25) is 5.02 Å². The number of benzene rings is 1. The molecule has 0 atom stereocenters. The van der Waals surface area contributed by atoms with Crippen molar-refractivity contribution in [1.82, 2.24) is 14.9 Å². The van der Waals surface area contributed by atoms with Gasteiger partial charge in [-0.05, 0) is 69.4 Å². The molecule has 3 rings (SSSR count). The van der Waals surface area contributed by atoms with Crippen molar-refractivity contribution < 1.29 is 4.79 Å². The summed E-state index contributed by atoms with van der Waals surface area (Å²) in [5.41, 5.74) is 2.24. The number of halogens is 1. The van der Waals surface area contributed by atoms with E-state index in [-0.39, 0.29) is 5.92 Å². The van der Waals surface area contributed by atoms with Gasteiger partial charge in [0, 0.05) is 29.3 Å². The quantitative estimate of drug-likeness (QED) is 0.727. The first-order valence-electron chi connectivity index (χ1n) is 9.17. The molecule has 5 heteroatoms. The summed E-state index contributed by atoms with van der Waals surface area (Å²) in [4.78, 5) is 22.2. The molecule has 2 heterocycles. The highest BCUT2D eigenvalue weighted by molar-refractivity contribution is 6.30. The third kappa shape index (κ3) is 5.68. The van der Waals surface area contributed by atoms with E-state index in [9.17, 15) is 4.79 Å². The first kappa shape index (κ1) is 18.2. The molecule has 0 bridgehead atoms. The van der Waals surface area contributed by atoms with E-state index in [0.29, 0.717) is 17.2 Å². The fourth-order valence-electron chi connectivity index (χ4n) is 3.54. The second kappa shape index (κ2) is 9.16. The molecular formula is C20H26ClN3O. The lowest BCUT2D eigenvalue weighted by molar-refractivity contribution is -0.123. The van der Waals surface area contributed by atoms with Gasteiger partial charge in [0.2, 0.25) is 0 Å². The second-order valence-corrected chi connectivity index (χ2v) is 7.36. The van der Waals surface area contributed by atoms with E-state index in [0.717, 1.165) is 44.5 Å². The van der Waals surface area contributed by atoms with Crippen LogP contribution in [0.25, 0.3) is 0 Å². The van der Waals surface area contributed by atoms with E-state index in [1.54, 1.807) is 6.33 Å². The summed E-state index contributed by atoms with van der Waals surface area (Å²) in [7, 11) is 0. The average Bonchev–Trinajstić information content (AvgIpc) is 3.13. The van der Waals surface area contributed by atoms with Crippen LogP contribution in [-0.2, 0) is 17.6 Å². The van der Waals surface area contributed by atoms with Crippen LogP contribution in [0.4, 0.5) is 0 Å². The number of ketones is 1. The molecule has 25 heavy (non-hydrogen) atoms. The number of imidazole rings is 1. The number of rotatable bonds is 8. The van der Waals surface area contributed by atoms with Crippen molar-refractivity contribution in [2.75, 3.05) is 19.6 Å². The Labute approximate surface area is 154 Å². The standard InChI is InChI=1S/C20H26ClN3O/c21-18-5-3-4-16(12-18)13-20(25)17-7-10-24(11-8-17)9-2-1-6-19-14-22-15-23-19/h3-5,12,14-15,17H,1-2,6-11,13H2,(H,22,23). The minimum absolute atomic E-state index is 0.209. The smallest absolute Gasteiger partial charge is 0.140 e. The van der Waals surface area contributed by atoms with Gasteiger partial charge in [0.15, 0.2) is 0 Å². The Morgan fingerprint density at radius 3 is 2.84 bits per heavy atom. The molecular weight excluding hydrogens is 334 g/mol. The Morgan fingerprint density at radius 1 is 1.28 bits per heavy atom. The first-order valence-corrected chi connectivity index (χ1v) is 9.55. The Morgan fingerprint density at radius 2 is 2.12 bits per heavy atom. The van der Waals surface area contributed by atoms with Crippen LogP contribution in [-0.4, -0.2) is 40.3 Å². The van der Waals surface area contributed by atoms with Crippen LogP contribution in [0.1, 0.15) is 36.9 Å². The van der Waals surface area contributed by atoms with Gasteiger partial charge in [-0.2, -0.15) is 0 Å². The summed E-state index contributed by atoms with van der Waals surface area (Å²) in [6.07, 6.45) is 9.55. The average molecular weight is 360 g/mol. The predicted molar refractivity (Wildman–Crippen MR) is 101 cm³/mol. The van der Waals surface area contributed by atoms with E-state index in [1.165, 1.54) is 18.5 Å². The maximum Gasteiger partial charge on any atom is 0.140 e. The lowest BCUT2D eigenvalue weighted by atomic mass is 9.89. The summed E-state index contributed by atoms with van der Waals surface area (Å²) in [6, 6.07) is 7.64. The molecule has 1 saturated heterocycles. The number of hydrogen-bond acceptors (Lipinski definition) is 3. The topological polar surface area (TPSA) is 49.0 Å². The molecule has 1 aliphatic heterocycles. The fraction of sp³-hybridized carbons (Fsp3) is 0.500. The van der Waals surface area contributed by atoms with Crippen LogP contribution in [0.15, 0.2) is 36.8 Å². The summed E-state index contributed by atoms with van der Waals surface area (Å²) >= 11 is 6.00. The molecule has 1 aromatic heterocycles. The zero-order chi connectivity index (χ0) is 17.5. The van der Waals surface area contributed by atoms with E-state index in [2.05, 4.69) is 14.9 Å². The first-order chi connectivity index (χ1) is 12.2. The van der Waals surface area contributed by atoms with E-state index in [4.69, 9.17) is 11.6 Å². The van der Waals surface area contributed by atoms with Gasteiger partial charge in [-0.25, -0.2) is 4.98 Å². The largest absolute Gasteiger partial charge is 0.348 e. The highest BCUT2D eigenvalue weighted by Crippen LogP contribution is 2.21. The number of nitrogens with one attached hydrogen (secondary N) is 1. The number of hydrogen-bond donors (Lipinski definition) is 1. The van der Waals surface area contributed by atoms with Gasteiger partial charge in [-0.3, -0.25) is 4.79 Å². The Kier molecular flexibility index (Phi) is 6.65. The maximum atomic E-state index is 12.5. The molecule has 1 N–H and O–H groups in total. The van der Waals surface area contributed by atoms with E-state index < -0.39 is 0 Å². The van der Waals surface area contributed by atoms with E-state index >= 15 is 0 Å². The molecule has 1 fully saturated rings. The maximum absolute atomic E-state index is 12.5. The molecule has 0 spiro atoms. The van der Waals surface area contributed by atoms with Crippen molar-refractivity contribution in [3.8, 4) is 0 Å². The molecule has 2 aromatic rings. The molecule has 134 valence electrons. The number of aromatic amines is 1. The minimum atomic E-state index is 0.209. The number of H-pyrrole nitrogens is 1. The van der Waals surface area contributed by atoms with Crippen molar-refractivity contribution in [3.63, 3.8) is 0 Å². The molecule has 0 saturated carbocycles. The Hall–Kier alpha value is -1.65. The molecule has 0 aliphatic carbocycles. The van der Waals surface area contributed by atoms with E-state index in [1.807, 2.05) is 30.5 Å². The van der Waals surface area contributed by atoms with Gasteiger partial charge in [0.25, 0.3) is 0 Å². The van der Waals surface area contributed by atoms with Crippen molar-refractivity contribution in [1.29, 1.82) is 0 Å². The van der Waals surface area contributed by atoms with Crippen LogP contribution in [0.5, 0.6) is 0 Å². The second-order valence-electron chi connectivity index (χ2n) is 6.92. The number of aromatic nitrogens is 2. The SMILES string of the molecule is O=C(Cc1cccc(Cl)c1)C1CCN(CCCCc2cnc[nH]2)CC1. The van der Waals surface area contributed by atoms with Crippen LogP contribution in [0.3, 0.4) is 0 Å². The van der Waals surface area contributed by atoms with Gasteiger partial charge >= 0.3 is 0 Å². The number of Topliss-reactive ketones (excluding diaryl/α,β-unsaturated/α-hetero) is 1. The number of carbonyl (C=O) groups excluding carboxylic acids is 1. The number of carbonyl (C=O) groups is 1. The van der Waals surface area contributed by atoms with Gasteiger partial charge in [0.1, 0.15) is 5.78 Å². The Balaban J connectivity index is 1.34. The van der Waals surface area contributed by atoms with Gasteiger partial charge in [0.05, 0.1) is 6.33 Å². The zero-order valence-electron chi connectivity index (χ0n) is 14.6. The molecule has 1 aromatic carbocycles. The molecule has 1 aliphatic rings. The van der Waals surface area contributed by atoms with Crippen LogP contribution in [0, 0.1) is 5.92 Å². The van der Waals surface area contributed by atoms with Crippen LogP contribution >= 0.6 is 11.6 Å². The lowest BCUT2D eigenvalue weighted by Crippen LogP contribution is -2.37. The number of aryl methyl sites for hydroxylation is 1. The van der Waals surface area contributed by atoms with Gasteiger partial charge in [-0.15, -0.1) is 0 Å². The summed E-state index contributed by atoms with van der Waals surface area (Å²) in [5.74, 6) is 0.571. The molecule has 4 nitrogen and oxygen atoms in total. The summed E-state index contributed by atoms with van der Waals surface area (Å²) < 4.78 is 0. The Bertz CT molecular complexity index is 663. The summed E-state index contributed by atoms with van der Waals surface area (Å²) in [5, 5.41) is 0.704. The van der Waals surface area contributed by atoms with Crippen molar-refractivity contribution in [2.45, 2.75) is 38.5 Å². The molecule has 0 unspecified atom stereocenters. The van der Waals surface area contributed by atoms with Crippen LogP contribution < -0.4 is 0 Å². The molecule has 0 amide bonds. The van der Waals surface area contributed by atoms with Gasteiger partial charge < -0.3 is 9.88 Å². The number of nitrogens with zero attached hydrogens (tertiary/aromatic N) is 2. The number of likely N-dealkylation sites (tertiary alicyclic amines) is 1. The zero-order valence-corrected chi connectivity index (χ0v) is 15.3. The number of piperidine rings is 1. The monoisotopic (exact) mass is 359 g/mol. The predicted octanol–water partition coefficient (Wildman–Crippen LogP) is 3.91. The minimum Gasteiger partial charge on any atom is -0.348 e. The molecule has 0 radical (unpaired) electrons. The third-order valence-corrected chi connectivity index (χ3v) is 5.27. The third-order valence-electron chi connectivity index (χ3n) is 5.04. The van der Waals surface area contributed by atoms with Gasteiger partial charge in [-0.1, -0.05) is 23.7 Å². The normalized spacial score (nSPS) is 16.2. The highest BCUT2D eigenvalue weighted by atomic mass is 35.5. The van der Waals surface area contributed by atoms with Crippen molar-refractivity contribution >= 4 is 17.4 Å². The fourth-order valence-corrected chi connectivity index (χ4v) is 3.76. The van der Waals surface area contributed by atoms with Crippen molar-refractivity contribution in [3.05, 3.63) is 53.1 Å².